The molecule has 0 saturated carbocycles. The maximum Gasteiger partial charge on any atom is 0.435 e. The zero-order valence-electron chi connectivity index (χ0n) is 24.1. The third kappa shape index (κ3) is 7.03. The molecular weight excluding hydrogens is 548 g/mol. The highest BCUT2D eigenvalue weighted by Crippen LogP contribution is 2.34. The number of nitrogens with two attached hydrogens (primary N) is 1. The molecule has 1 aliphatic heterocycles. The minimum Gasteiger partial charge on any atom is -0.497 e. The van der Waals surface area contributed by atoms with Crippen LogP contribution in [0.5, 0.6) is 5.75 Å². The Labute approximate surface area is 250 Å². The molecule has 2 aliphatic rings. The molecule has 0 radical (unpaired) electrons. The number of fused-ring (bicyclic) bond motifs is 1. The van der Waals surface area contributed by atoms with Gasteiger partial charge in [0.05, 0.1) is 7.11 Å². The number of carbonyl (C=O) groups excluding carboxylic acids is 3. The van der Waals surface area contributed by atoms with Crippen LogP contribution in [0.2, 0.25) is 0 Å². The zero-order chi connectivity index (χ0) is 30.4. The van der Waals surface area contributed by atoms with Crippen molar-refractivity contribution in [3.8, 4) is 5.75 Å². The van der Waals surface area contributed by atoms with Crippen LogP contribution in [0, 0.1) is 0 Å². The number of hydrogen-bond acceptors (Lipinski definition) is 6. The highest BCUT2D eigenvalue weighted by molar-refractivity contribution is 6.02. The number of hydrogen-bond donors (Lipinski definition) is 3. The lowest BCUT2D eigenvalue weighted by Gasteiger charge is -2.37. The fourth-order valence-electron chi connectivity index (χ4n) is 5.63. The molecular formula is C33H36N4O6. The van der Waals surface area contributed by atoms with Crippen LogP contribution in [0.25, 0.3) is 0 Å². The molecule has 3 amide bonds. The number of likely N-dealkylation sites (tertiary alicyclic amines) is 1. The number of amides is 3. The number of methoxy groups -OCH3 is 1. The predicted octanol–water partition coefficient (Wildman–Crippen LogP) is 3.26. The second-order valence-corrected chi connectivity index (χ2v) is 11.0. The Hall–Kier alpha value is -4.70. The summed E-state index contributed by atoms with van der Waals surface area (Å²) in [4.78, 5) is 44.1. The highest BCUT2D eigenvalue weighted by atomic mass is 16.5. The number of nitrogens with one attached hydrogen (secondary N) is 1. The third-order valence-electron chi connectivity index (χ3n) is 8.05. The number of aliphatic imine (C=N–C) groups is 1. The summed E-state index contributed by atoms with van der Waals surface area (Å²) in [6.45, 7) is 0.762. The molecule has 1 saturated heterocycles. The maximum atomic E-state index is 13.6. The van der Waals surface area contributed by atoms with Gasteiger partial charge in [-0.25, -0.2) is 4.79 Å². The number of nitrogens with zero attached hydrogens (tertiary/aromatic N) is 2. The average molecular weight is 585 g/mol. The number of aliphatic hydroxyl groups is 1. The number of rotatable bonds is 8. The smallest absolute Gasteiger partial charge is 0.435 e. The summed E-state index contributed by atoms with van der Waals surface area (Å²) >= 11 is 0. The third-order valence-corrected chi connectivity index (χ3v) is 8.05. The van der Waals surface area contributed by atoms with Crippen LogP contribution >= 0.6 is 0 Å². The largest absolute Gasteiger partial charge is 0.497 e. The number of benzene rings is 3. The molecule has 0 bridgehead atoms. The van der Waals surface area contributed by atoms with Crippen LogP contribution < -0.4 is 15.8 Å². The Bertz CT molecular complexity index is 1510. The zero-order valence-corrected chi connectivity index (χ0v) is 24.1. The monoisotopic (exact) mass is 584 g/mol. The van der Waals surface area contributed by atoms with Gasteiger partial charge in [-0.2, -0.15) is 4.99 Å². The quantitative estimate of drug-likeness (QED) is 0.272. The van der Waals surface area contributed by atoms with Crippen molar-refractivity contribution in [2.75, 3.05) is 13.7 Å². The normalized spacial score (nSPS) is 19.8. The molecule has 43 heavy (non-hydrogen) atoms. The van der Waals surface area contributed by atoms with E-state index in [0.717, 1.165) is 22.3 Å². The van der Waals surface area contributed by atoms with E-state index in [2.05, 4.69) is 10.3 Å². The summed E-state index contributed by atoms with van der Waals surface area (Å²) in [6, 6.07) is 21.3. The van der Waals surface area contributed by atoms with E-state index in [0.29, 0.717) is 43.5 Å². The van der Waals surface area contributed by atoms with E-state index in [9.17, 15) is 19.5 Å². The Morgan fingerprint density at radius 2 is 1.81 bits per heavy atom. The minimum atomic E-state index is -1.56. The van der Waals surface area contributed by atoms with E-state index < -0.39 is 23.6 Å². The number of aryl methyl sites for hydroxylation is 1. The highest BCUT2D eigenvalue weighted by Gasteiger charge is 2.46. The first-order valence-electron chi connectivity index (χ1n) is 14.4. The molecule has 1 fully saturated rings. The molecule has 4 N–H and O–H groups in total. The maximum absolute atomic E-state index is 13.6. The van der Waals surface area contributed by atoms with Crippen LogP contribution in [0.3, 0.4) is 0 Å². The average Bonchev–Trinajstić information content (AvgIpc) is 3.52. The molecule has 10 nitrogen and oxygen atoms in total. The van der Waals surface area contributed by atoms with E-state index in [1.807, 2.05) is 48.5 Å². The lowest BCUT2D eigenvalue weighted by Crippen LogP contribution is -2.56. The second-order valence-electron chi connectivity index (χ2n) is 11.0. The SMILES string of the molecule is COc1ccc2c(c1)CC(O)(C(=O)N1CCC[C@@H]1C(=O)NCc1ccc(/C(N)=N\C(=O)OCc3ccccc3)cc1)CC2. The van der Waals surface area contributed by atoms with Gasteiger partial charge in [-0.05, 0) is 60.1 Å². The van der Waals surface area contributed by atoms with Crippen LogP contribution in [-0.4, -0.2) is 59.0 Å². The van der Waals surface area contributed by atoms with Crippen molar-refractivity contribution in [1.82, 2.24) is 10.2 Å². The van der Waals surface area contributed by atoms with Crippen molar-refractivity contribution < 1.29 is 29.0 Å². The van der Waals surface area contributed by atoms with Crippen molar-refractivity contribution in [3.63, 3.8) is 0 Å². The molecule has 0 spiro atoms. The van der Waals surface area contributed by atoms with E-state index in [4.69, 9.17) is 15.2 Å². The first-order chi connectivity index (χ1) is 20.8. The van der Waals surface area contributed by atoms with Gasteiger partial charge in [-0.3, -0.25) is 9.59 Å². The molecule has 10 heteroatoms. The fraction of sp³-hybridized carbons (Fsp3) is 0.333. The van der Waals surface area contributed by atoms with E-state index in [1.165, 1.54) is 4.90 Å². The topological polar surface area (TPSA) is 144 Å². The van der Waals surface area contributed by atoms with Gasteiger partial charge in [0, 0.05) is 25.1 Å². The molecule has 2 atom stereocenters. The molecule has 1 aliphatic carbocycles. The first-order valence-corrected chi connectivity index (χ1v) is 14.4. The summed E-state index contributed by atoms with van der Waals surface area (Å²) in [5.74, 6) is 0.0346. The van der Waals surface area contributed by atoms with Gasteiger partial charge >= 0.3 is 6.09 Å². The van der Waals surface area contributed by atoms with E-state index >= 15 is 0 Å². The van der Waals surface area contributed by atoms with Gasteiger partial charge in [-0.15, -0.1) is 0 Å². The van der Waals surface area contributed by atoms with Gasteiger partial charge in [0.1, 0.15) is 29.8 Å². The molecule has 3 aromatic rings. The predicted molar refractivity (Wildman–Crippen MR) is 160 cm³/mol. The fourth-order valence-corrected chi connectivity index (χ4v) is 5.63. The van der Waals surface area contributed by atoms with Crippen LogP contribution in [-0.2, 0) is 40.3 Å². The van der Waals surface area contributed by atoms with Crippen molar-refractivity contribution in [2.45, 2.75) is 56.9 Å². The minimum absolute atomic E-state index is 0.0236. The van der Waals surface area contributed by atoms with Gasteiger partial charge in [0.25, 0.3) is 5.91 Å². The molecule has 1 heterocycles. The Kier molecular flexibility index (Phi) is 9.06. The lowest BCUT2D eigenvalue weighted by atomic mass is 9.79. The van der Waals surface area contributed by atoms with Gasteiger partial charge in [0.15, 0.2) is 0 Å². The Morgan fingerprint density at radius 3 is 2.56 bits per heavy atom. The standard InChI is InChI=1S/C33H36N4O6/c1-42-27-14-13-24-15-16-33(41,19-26(24)18-27)31(39)37-17-5-8-28(37)30(38)35-20-22-9-11-25(12-10-22)29(34)36-32(40)43-21-23-6-3-2-4-7-23/h2-4,6-7,9-14,18,28,41H,5,8,15-17,19-21H2,1H3,(H,35,38)(H2,34,36,40)/t28-,33?/m1/s1. The summed E-state index contributed by atoms with van der Waals surface area (Å²) in [7, 11) is 1.58. The van der Waals surface area contributed by atoms with E-state index in [-0.39, 0.29) is 31.3 Å². The van der Waals surface area contributed by atoms with Crippen LogP contribution in [0.1, 0.15) is 47.1 Å². The van der Waals surface area contributed by atoms with Crippen molar-refractivity contribution in [3.05, 3.63) is 101 Å². The van der Waals surface area contributed by atoms with Crippen molar-refractivity contribution >= 4 is 23.7 Å². The molecule has 224 valence electrons. The summed E-state index contributed by atoms with van der Waals surface area (Å²) in [6.07, 6.45) is 1.50. The summed E-state index contributed by atoms with van der Waals surface area (Å²) < 4.78 is 10.5. The molecule has 0 aromatic heterocycles. The number of carbonyl (C=O) groups is 3. The molecule has 5 rings (SSSR count). The summed E-state index contributed by atoms with van der Waals surface area (Å²) in [5.41, 5.74) is 8.61. The Morgan fingerprint density at radius 1 is 1.05 bits per heavy atom. The molecule has 3 aromatic carbocycles. The number of amidine groups is 1. The van der Waals surface area contributed by atoms with Gasteiger partial charge in [0.2, 0.25) is 5.91 Å². The van der Waals surface area contributed by atoms with Crippen LogP contribution in [0.15, 0.2) is 77.8 Å². The van der Waals surface area contributed by atoms with Crippen LogP contribution in [0.4, 0.5) is 4.79 Å². The van der Waals surface area contributed by atoms with Gasteiger partial charge in [-0.1, -0.05) is 60.7 Å². The molecule has 1 unspecified atom stereocenters. The van der Waals surface area contributed by atoms with Crippen molar-refractivity contribution in [2.24, 2.45) is 10.7 Å². The number of ether oxygens (including phenoxy) is 2. The van der Waals surface area contributed by atoms with Crippen molar-refractivity contribution in [1.29, 1.82) is 0 Å². The van der Waals surface area contributed by atoms with E-state index in [1.54, 1.807) is 31.4 Å². The summed E-state index contributed by atoms with van der Waals surface area (Å²) in [5, 5.41) is 14.3. The second kappa shape index (κ2) is 13.1. The lowest BCUT2D eigenvalue weighted by molar-refractivity contribution is -0.156. The first kappa shape index (κ1) is 29.8. The van der Waals surface area contributed by atoms with Gasteiger partial charge < -0.3 is 30.5 Å². The Balaban J connectivity index is 1.15.